The maximum Gasteiger partial charge on any atom is 0.160 e. The fraction of sp³-hybridized carbons (Fsp3) is 0.0345. The van der Waals surface area contributed by atoms with E-state index in [1.807, 2.05) is 17.4 Å². The third kappa shape index (κ3) is 7.20. The van der Waals surface area contributed by atoms with Crippen molar-refractivity contribution in [2.24, 2.45) is 0 Å². The van der Waals surface area contributed by atoms with Gasteiger partial charge in [0.05, 0.1) is 11.4 Å². The monoisotopic (exact) mass is 796 g/mol. The number of nitrogens with zero attached hydrogens (tertiary/aromatic N) is 2. The molecule has 11 rings (SSSR count). The fourth-order valence-corrected chi connectivity index (χ4v) is 9.81. The van der Waals surface area contributed by atoms with Crippen molar-refractivity contribution in [1.82, 2.24) is 9.97 Å². The van der Waals surface area contributed by atoms with Gasteiger partial charge in [-0.05, 0) is 92.9 Å². The van der Waals surface area contributed by atoms with Gasteiger partial charge in [-0.2, -0.15) is 0 Å². The number of aromatic nitrogens is 2. The number of hydrogen-bond acceptors (Lipinski definition) is 3. The molecule has 1 atom stereocenters. The van der Waals surface area contributed by atoms with E-state index in [0.717, 1.165) is 45.6 Å². The van der Waals surface area contributed by atoms with Crippen molar-refractivity contribution in [2.45, 2.75) is 12.3 Å². The average Bonchev–Trinajstić information content (AvgIpc) is 3.73. The van der Waals surface area contributed by atoms with Crippen molar-refractivity contribution < 1.29 is 0 Å². The van der Waals surface area contributed by atoms with Crippen LogP contribution in [0.3, 0.4) is 0 Å². The van der Waals surface area contributed by atoms with Crippen LogP contribution in [0.2, 0.25) is 0 Å². The summed E-state index contributed by atoms with van der Waals surface area (Å²) in [6.07, 6.45) is 9.87. The van der Waals surface area contributed by atoms with Gasteiger partial charge in [0.15, 0.2) is 5.82 Å². The predicted molar refractivity (Wildman–Crippen MR) is 259 cm³/mol. The van der Waals surface area contributed by atoms with Crippen LogP contribution >= 0.6 is 11.3 Å². The first kappa shape index (κ1) is 36.6. The largest absolute Gasteiger partial charge is 0.228 e. The van der Waals surface area contributed by atoms with E-state index < -0.39 is 0 Å². The predicted octanol–water partition coefficient (Wildman–Crippen LogP) is 16.1. The van der Waals surface area contributed by atoms with Gasteiger partial charge < -0.3 is 0 Å². The minimum atomic E-state index is 0.386. The van der Waals surface area contributed by atoms with Crippen LogP contribution in [0.5, 0.6) is 0 Å². The van der Waals surface area contributed by atoms with E-state index in [-0.39, 0.29) is 0 Å². The van der Waals surface area contributed by atoms with E-state index in [9.17, 15) is 0 Å². The quantitative estimate of drug-likeness (QED) is 0.153. The Bertz CT molecular complexity index is 3270. The molecular weight excluding hydrogens is 757 g/mol. The normalized spacial score (nSPS) is 13.5. The van der Waals surface area contributed by atoms with Gasteiger partial charge in [-0.25, -0.2) is 9.97 Å². The van der Waals surface area contributed by atoms with E-state index in [4.69, 9.17) is 9.97 Å². The number of hydrogen-bond donors (Lipinski definition) is 0. The highest BCUT2D eigenvalue weighted by Crippen LogP contribution is 2.42. The van der Waals surface area contributed by atoms with Crippen LogP contribution in [0.25, 0.3) is 98.6 Å². The maximum atomic E-state index is 5.29. The maximum absolute atomic E-state index is 5.29. The van der Waals surface area contributed by atoms with E-state index in [1.54, 1.807) is 0 Å². The van der Waals surface area contributed by atoms with Crippen molar-refractivity contribution in [3.05, 3.63) is 230 Å². The van der Waals surface area contributed by atoms with Gasteiger partial charge in [0.1, 0.15) is 0 Å². The van der Waals surface area contributed by atoms with Crippen LogP contribution in [0.1, 0.15) is 17.9 Å². The summed E-state index contributed by atoms with van der Waals surface area (Å²) in [7, 11) is 0. The Labute approximate surface area is 360 Å². The molecule has 288 valence electrons. The Hall–Kier alpha value is -7.46. The number of allylic oxidation sites excluding steroid dienone is 4. The van der Waals surface area contributed by atoms with Gasteiger partial charge in [-0.3, -0.25) is 0 Å². The summed E-state index contributed by atoms with van der Waals surface area (Å²) in [5.41, 5.74) is 15.6. The molecule has 0 saturated heterocycles. The van der Waals surface area contributed by atoms with Crippen LogP contribution in [0.15, 0.2) is 224 Å². The summed E-state index contributed by atoms with van der Waals surface area (Å²) >= 11 is 1.85. The molecule has 8 aromatic carbocycles. The molecule has 0 bridgehead atoms. The second kappa shape index (κ2) is 16.0. The molecular formula is C58H40N2S. The number of thiophene rings is 1. The van der Waals surface area contributed by atoms with E-state index in [0.29, 0.717) is 11.7 Å². The van der Waals surface area contributed by atoms with E-state index in [1.165, 1.54) is 59.1 Å². The Morgan fingerprint density at radius 1 is 0.377 bits per heavy atom. The van der Waals surface area contributed by atoms with Crippen molar-refractivity contribution in [1.29, 1.82) is 0 Å². The van der Waals surface area contributed by atoms with E-state index >= 15 is 0 Å². The van der Waals surface area contributed by atoms with Gasteiger partial charge in [0, 0.05) is 42.8 Å². The highest BCUT2D eigenvalue weighted by atomic mass is 32.1. The highest BCUT2D eigenvalue weighted by Gasteiger charge is 2.18. The van der Waals surface area contributed by atoms with E-state index in [2.05, 4.69) is 218 Å². The average molecular weight is 797 g/mol. The van der Waals surface area contributed by atoms with Crippen molar-refractivity contribution in [3.63, 3.8) is 0 Å². The smallest absolute Gasteiger partial charge is 0.160 e. The van der Waals surface area contributed by atoms with Crippen LogP contribution < -0.4 is 0 Å². The molecule has 1 aliphatic carbocycles. The van der Waals surface area contributed by atoms with Crippen molar-refractivity contribution >= 4 is 31.5 Å². The lowest BCUT2D eigenvalue weighted by Crippen LogP contribution is -1.98. The Balaban J connectivity index is 1.05. The zero-order valence-corrected chi connectivity index (χ0v) is 34.3. The molecule has 2 heterocycles. The van der Waals surface area contributed by atoms with Crippen molar-refractivity contribution in [2.75, 3.05) is 0 Å². The summed E-state index contributed by atoms with van der Waals surface area (Å²) in [4.78, 5) is 10.5. The summed E-state index contributed by atoms with van der Waals surface area (Å²) in [6.45, 7) is 0. The Morgan fingerprint density at radius 3 is 1.75 bits per heavy atom. The topological polar surface area (TPSA) is 25.8 Å². The van der Waals surface area contributed by atoms with Crippen molar-refractivity contribution in [3.8, 4) is 78.4 Å². The molecule has 1 unspecified atom stereocenters. The molecule has 0 aliphatic heterocycles. The molecule has 0 fully saturated rings. The molecule has 3 heteroatoms. The standard InChI is InChI=1S/C58H40N2S/c1-4-15-39(16-5-1)40-27-29-42(30-28-40)52-37-47(31-33-50(52)49-24-11-10-23-48(49)41-17-6-2-7-18-41)55-38-54(59-58(60-55)43-19-8-3-9-20-43)46-22-14-21-44(35-46)45-32-34-57-53(36-45)51-25-12-13-26-56(51)61-57/h1-15,17-39H,16H2. The second-order valence-electron chi connectivity index (χ2n) is 15.7. The molecule has 0 spiro atoms. The van der Waals surface area contributed by atoms with Crippen LogP contribution in [0, 0.1) is 0 Å². The van der Waals surface area contributed by atoms with Gasteiger partial charge >= 0.3 is 0 Å². The molecule has 2 nitrogen and oxygen atoms in total. The molecule has 0 saturated carbocycles. The highest BCUT2D eigenvalue weighted by molar-refractivity contribution is 7.25. The Morgan fingerprint density at radius 2 is 0.967 bits per heavy atom. The molecule has 1 aliphatic rings. The first-order chi connectivity index (χ1) is 30.2. The first-order valence-corrected chi connectivity index (χ1v) is 21.7. The molecule has 0 N–H and O–H groups in total. The third-order valence-corrected chi connectivity index (χ3v) is 13.0. The van der Waals surface area contributed by atoms with Crippen LogP contribution in [0.4, 0.5) is 0 Å². The van der Waals surface area contributed by atoms with Gasteiger partial charge in [-0.15, -0.1) is 11.3 Å². The third-order valence-electron chi connectivity index (χ3n) is 11.9. The summed E-state index contributed by atoms with van der Waals surface area (Å²) in [6, 6.07) is 72.2. The first-order valence-electron chi connectivity index (χ1n) is 20.9. The molecule has 61 heavy (non-hydrogen) atoms. The molecule has 2 aromatic heterocycles. The zero-order chi connectivity index (χ0) is 40.5. The summed E-state index contributed by atoms with van der Waals surface area (Å²) in [5, 5.41) is 2.60. The number of rotatable bonds is 8. The number of benzene rings is 8. The number of fused-ring (bicyclic) bond motifs is 3. The molecule has 10 aromatic rings. The summed E-state index contributed by atoms with van der Waals surface area (Å²) < 4.78 is 2.62. The second-order valence-corrected chi connectivity index (χ2v) is 16.8. The lowest BCUT2D eigenvalue weighted by molar-refractivity contribution is 0.854. The Kier molecular flexibility index (Phi) is 9.57. The summed E-state index contributed by atoms with van der Waals surface area (Å²) in [5.74, 6) is 1.08. The van der Waals surface area contributed by atoms with Gasteiger partial charge in [0.2, 0.25) is 0 Å². The minimum absolute atomic E-state index is 0.386. The lowest BCUT2D eigenvalue weighted by Gasteiger charge is -2.18. The fourth-order valence-electron chi connectivity index (χ4n) is 8.73. The van der Waals surface area contributed by atoms with Gasteiger partial charge in [0.25, 0.3) is 0 Å². The lowest BCUT2D eigenvalue weighted by atomic mass is 9.86. The molecule has 0 amide bonds. The minimum Gasteiger partial charge on any atom is -0.228 e. The zero-order valence-electron chi connectivity index (χ0n) is 33.4. The molecule has 0 radical (unpaired) electrons. The van der Waals surface area contributed by atoms with Crippen LogP contribution in [-0.2, 0) is 0 Å². The van der Waals surface area contributed by atoms with Crippen LogP contribution in [-0.4, -0.2) is 9.97 Å². The SMILES string of the molecule is C1=CCC(c2ccc(-c3cc(-c4cc(-c5cccc(-c6ccc7sc8ccccc8c7c6)c5)nc(-c5ccccc5)n4)ccc3-c3ccccc3-c3ccccc3)cc2)C=C1. The van der Waals surface area contributed by atoms with Gasteiger partial charge in [-0.1, -0.05) is 188 Å².